The van der Waals surface area contributed by atoms with Gasteiger partial charge in [-0.05, 0) is 30.9 Å². The summed E-state index contributed by atoms with van der Waals surface area (Å²) in [7, 11) is 0. The van der Waals surface area contributed by atoms with Crippen molar-refractivity contribution in [3.05, 3.63) is 16.7 Å². The third kappa shape index (κ3) is 2.27. The zero-order valence-electron chi connectivity index (χ0n) is 11.0. The van der Waals surface area contributed by atoms with Crippen LogP contribution in [0.3, 0.4) is 0 Å². The molecule has 102 valence electrons. The van der Waals surface area contributed by atoms with Gasteiger partial charge in [-0.15, -0.1) is 14.7 Å². The number of nitrogens with one attached hydrogen (secondary N) is 1. The van der Waals surface area contributed by atoms with E-state index in [9.17, 15) is 9.70 Å². The fourth-order valence-corrected chi connectivity index (χ4v) is 3.16. The van der Waals surface area contributed by atoms with Gasteiger partial charge < -0.3 is 4.90 Å². The summed E-state index contributed by atoms with van der Waals surface area (Å²) in [6.45, 7) is 1.64. The molecule has 1 saturated carbocycles. The summed E-state index contributed by atoms with van der Waals surface area (Å²) < 4.78 is 1.87. The molecule has 0 spiro atoms. The summed E-state index contributed by atoms with van der Waals surface area (Å²) in [6, 6.07) is 1.89. The van der Waals surface area contributed by atoms with Gasteiger partial charge in [0, 0.05) is 25.9 Å². The first-order valence-corrected chi connectivity index (χ1v) is 7.07. The second-order valence-electron chi connectivity index (χ2n) is 5.43. The SMILES string of the molecule is O=Nc1cc(C(=O)N2CCCC2)[n+](C2CCCC2)[nH]1. The maximum absolute atomic E-state index is 12.5. The first-order valence-electron chi connectivity index (χ1n) is 7.07. The number of carbonyl (C=O) groups excluding carboxylic acids is 1. The van der Waals surface area contributed by atoms with Crippen molar-refractivity contribution in [3.8, 4) is 0 Å². The van der Waals surface area contributed by atoms with E-state index in [2.05, 4.69) is 10.3 Å². The number of amides is 1. The molecule has 1 aliphatic carbocycles. The zero-order valence-corrected chi connectivity index (χ0v) is 11.0. The molecule has 0 atom stereocenters. The van der Waals surface area contributed by atoms with E-state index in [-0.39, 0.29) is 11.7 Å². The average molecular weight is 263 g/mol. The van der Waals surface area contributed by atoms with E-state index in [1.54, 1.807) is 6.07 Å². The molecule has 6 nitrogen and oxygen atoms in total. The summed E-state index contributed by atoms with van der Waals surface area (Å²) in [4.78, 5) is 25.1. The van der Waals surface area contributed by atoms with Crippen molar-refractivity contribution in [1.29, 1.82) is 0 Å². The number of nitroso groups, excluding NO2 is 1. The van der Waals surface area contributed by atoms with Crippen molar-refractivity contribution in [2.24, 2.45) is 5.18 Å². The van der Waals surface area contributed by atoms with E-state index in [1.165, 1.54) is 12.8 Å². The standard InChI is InChI=1S/C13H18N4O2/c18-13(16-7-3-4-8-16)11-9-12(15-19)14-17(11)10-5-1-2-6-10/h9-10H,1-8H2/p+1. The van der Waals surface area contributed by atoms with Crippen molar-refractivity contribution in [2.75, 3.05) is 13.1 Å². The van der Waals surface area contributed by atoms with Gasteiger partial charge in [0.2, 0.25) is 5.82 Å². The topological polar surface area (TPSA) is 69.4 Å². The lowest BCUT2D eigenvalue weighted by molar-refractivity contribution is -0.773. The molecule has 0 unspecified atom stereocenters. The largest absolute Gasteiger partial charge is 0.333 e. The van der Waals surface area contributed by atoms with Crippen LogP contribution in [0.2, 0.25) is 0 Å². The summed E-state index contributed by atoms with van der Waals surface area (Å²) in [5.74, 6) is 0.269. The highest BCUT2D eigenvalue weighted by molar-refractivity contribution is 5.91. The lowest BCUT2D eigenvalue weighted by atomic mass is 10.2. The molecule has 1 saturated heterocycles. The maximum Gasteiger partial charge on any atom is 0.321 e. The highest BCUT2D eigenvalue weighted by Gasteiger charge is 2.35. The second kappa shape index (κ2) is 5.11. The summed E-state index contributed by atoms with van der Waals surface area (Å²) >= 11 is 0. The summed E-state index contributed by atoms with van der Waals surface area (Å²) in [5, 5.41) is 5.90. The van der Waals surface area contributed by atoms with Crippen LogP contribution in [0.25, 0.3) is 0 Å². The second-order valence-corrected chi connectivity index (χ2v) is 5.43. The predicted octanol–water partition coefficient (Wildman–Crippen LogP) is 2.05. The van der Waals surface area contributed by atoms with E-state index in [0.29, 0.717) is 11.7 Å². The normalized spacial score (nSPS) is 20.1. The molecule has 0 bridgehead atoms. The molecule has 2 heterocycles. The number of aromatic amines is 1. The van der Waals surface area contributed by atoms with Gasteiger partial charge in [-0.25, -0.2) is 0 Å². The van der Waals surface area contributed by atoms with Crippen molar-refractivity contribution >= 4 is 11.7 Å². The quantitative estimate of drug-likeness (QED) is 0.669. The van der Waals surface area contributed by atoms with Gasteiger partial charge in [0.25, 0.3) is 5.69 Å². The Morgan fingerprint density at radius 2 is 1.95 bits per heavy atom. The van der Waals surface area contributed by atoms with E-state index < -0.39 is 0 Å². The first kappa shape index (κ1) is 12.3. The third-order valence-corrected chi connectivity index (χ3v) is 4.17. The molecule has 1 N–H and O–H groups in total. The van der Waals surface area contributed by atoms with Crippen LogP contribution >= 0.6 is 0 Å². The molecule has 1 aromatic rings. The van der Waals surface area contributed by atoms with Gasteiger partial charge in [0.05, 0.1) is 6.07 Å². The van der Waals surface area contributed by atoms with Gasteiger partial charge in [-0.3, -0.25) is 4.79 Å². The van der Waals surface area contributed by atoms with Crippen LogP contribution in [-0.2, 0) is 0 Å². The van der Waals surface area contributed by atoms with Gasteiger partial charge in [0.1, 0.15) is 0 Å². The highest BCUT2D eigenvalue weighted by atomic mass is 16.3. The number of carbonyl (C=O) groups is 1. The Kier molecular flexibility index (Phi) is 3.31. The third-order valence-electron chi connectivity index (χ3n) is 4.17. The number of hydrogen-bond donors (Lipinski definition) is 1. The van der Waals surface area contributed by atoms with Gasteiger partial charge in [-0.1, -0.05) is 0 Å². The Balaban J connectivity index is 1.91. The molecule has 2 fully saturated rings. The molecule has 1 aliphatic heterocycles. The zero-order chi connectivity index (χ0) is 13.2. The van der Waals surface area contributed by atoms with E-state index in [4.69, 9.17) is 0 Å². The van der Waals surface area contributed by atoms with E-state index in [0.717, 1.165) is 38.8 Å². The Labute approximate surface area is 111 Å². The van der Waals surface area contributed by atoms with Gasteiger partial charge in [0.15, 0.2) is 6.04 Å². The molecular weight excluding hydrogens is 244 g/mol. The van der Waals surface area contributed by atoms with E-state index >= 15 is 0 Å². The monoisotopic (exact) mass is 263 g/mol. The molecule has 0 aromatic carbocycles. The van der Waals surface area contributed by atoms with Crippen LogP contribution in [-0.4, -0.2) is 29.0 Å². The molecule has 1 amide bonds. The van der Waals surface area contributed by atoms with Gasteiger partial charge >= 0.3 is 5.91 Å². The minimum absolute atomic E-state index is 0.0237. The van der Waals surface area contributed by atoms with Crippen LogP contribution in [0.1, 0.15) is 55.1 Å². The van der Waals surface area contributed by atoms with Crippen LogP contribution in [0.15, 0.2) is 11.2 Å². The van der Waals surface area contributed by atoms with Crippen molar-refractivity contribution in [3.63, 3.8) is 0 Å². The number of nitrogens with zero attached hydrogens (tertiary/aromatic N) is 3. The average Bonchev–Trinajstić information content (AvgIpc) is 3.16. The lowest BCUT2D eigenvalue weighted by Gasteiger charge is -2.13. The molecule has 6 heteroatoms. The molecule has 1 aromatic heterocycles. The number of rotatable bonds is 3. The highest BCUT2D eigenvalue weighted by Crippen LogP contribution is 2.26. The maximum atomic E-state index is 12.5. The Morgan fingerprint density at radius 3 is 2.58 bits per heavy atom. The van der Waals surface area contributed by atoms with E-state index in [1.807, 2.05) is 9.58 Å². The molecule has 19 heavy (non-hydrogen) atoms. The number of hydrogen-bond acceptors (Lipinski definition) is 3. The smallest absolute Gasteiger partial charge is 0.321 e. The number of aromatic nitrogens is 2. The Hall–Kier alpha value is -1.72. The summed E-state index contributed by atoms with van der Waals surface area (Å²) in [5.41, 5.74) is 0.586. The predicted molar refractivity (Wildman–Crippen MR) is 69.1 cm³/mol. The Bertz CT molecular complexity index is 485. The van der Waals surface area contributed by atoms with Crippen molar-refractivity contribution < 1.29 is 9.48 Å². The van der Waals surface area contributed by atoms with Crippen LogP contribution in [0, 0.1) is 4.91 Å². The molecule has 2 aliphatic rings. The Morgan fingerprint density at radius 1 is 1.26 bits per heavy atom. The number of H-pyrrole nitrogens is 1. The minimum Gasteiger partial charge on any atom is -0.333 e. The number of likely N-dealkylation sites (tertiary alicyclic amines) is 1. The minimum atomic E-state index is 0.0237. The molecular formula is C13H19N4O2+. The first-order chi connectivity index (χ1) is 9.29. The van der Waals surface area contributed by atoms with Crippen molar-refractivity contribution in [1.82, 2.24) is 10.00 Å². The fourth-order valence-electron chi connectivity index (χ4n) is 3.16. The van der Waals surface area contributed by atoms with Crippen LogP contribution in [0.5, 0.6) is 0 Å². The summed E-state index contributed by atoms with van der Waals surface area (Å²) in [6.07, 6.45) is 6.61. The fraction of sp³-hybridized carbons (Fsp3) is 0.692. The van der Waals surface area contributed by atoms with Crippen LogP contribution in [0.4, 0.5) is 5.82 Å². The lowest BCUT2D eigenvalue weighted by Crippen LogP contribution is -2.47. The molecule has 0 radical (unpaired) electrons. The van der Waals surface area contributed by atoms with Crippen molar-refractivity contribution in [2.45, 2.75) is 44.6 Å². The molecule has 3 rings (SSSR count). The van der Waals surface area contributed by atoms with Crippen LogP contribution < -0.4 is 4.68 Å². The van der Waals surface area contributed by atoms with Gasteiger partial charge in [-0.2, -0.15) is 0 Å².